The first-order chi connectivity index (χ1) is 13.2. The van der Waals surface area contributed by atoms with Gasteiger partial charge in [-0.1, -0.05) is 12.1 Å². The first kappa shape index (κ1) is 18.0. The van der Waals surface area contributed by atoms with Gasteiger partial charge in [0.1, 0.15) is 11.6 Å². The van der Waals surface area contributed by atoms with E-state index < -0.39 is 0 Å². The van der Waals surface area contributed by atoms with Crippen LogP contribution >= 0.6 is 0 Å². The van der Waals surface area contributed by atoms with Crippen LogP contribution in [0.25, 0.3) is 0 Å². The molecule has 1 saturated heterocycles. The van der Waals surface area contributed by atoms with Gasteiger partial charge in [0.15, 0.2) is 0 Å². The molecule has 4 rings (SSSR count). The van der Waals surface area contributed by atoms with Crippen LogP contribution in [0.4, 0.5) is 4.39 Å². The molecule has 0 spiro atoms. The molecule has 1 amide bonds. The smallest absolute Gasteiger partial charge is 0.251 e. The number of amides is 1. The topological polar surface area (TPSA) is 41.6 Å². The highest BCUT2D eigenvalue weighted by Crippen LogP contribution is 2.46. The number of piperidine rings is 1. The van der Waals surface area contributed by atoms with E-state index in [2.05, 4.69) is 28.4 Å². The van der Waals surface area contributed by atoms with Gasteiger partial charge in [-0.25, -0.2) is 4.39 Å². The quantitative estimate of drug-likeness (QED) is 0.881. The Morgan fingerprint density at radius 1 is 1.26 bits per heavy atom. The molecule has 0 bridgehead atoms. The van der Waals surface area contributed by atoms with Crippen molar-refractivity contribution in [1.29, 1.82) is 0 Å². The molecular formula is C22H25FN2O2. The fourth-order valence-corrected chi connectivity index (χ4v) is 4.58. The highest BCUT2D eigenvalue weighted by Gasteiger charge is 2.38. The van der Waals surface area contributed by atoms with E-state index in [-0.39, 0.29) is 11.7 Å². The van der Waals surface area contributed by atoms with Crippen molar-refractivity contribution in [3.63, 3.8) is 0 Å². The molecule has 2 aromatic rings. The van der Waals surface area contributed by atoms with E-state index in [0.717, 1.165) is 38.2 Å². The molecule has 1 aliphatic heterocycles. The number of nitrogens with zero attached hydrogens (tertiary/aromatic N) is 1. The van der Waals surface area contributed by atoms with Gasteiger partial charge >= 0.3 is 0 Å². The fourth-order valence-electron chi connectivity index (χ4n) is 4.58. The van der Waals surface area contributed by atoms with Gasteiger partial charge in [-0.2, -0.15) is 0 Å². The maximum atomic E-state index is 13.0. The number of rotatable bonds is 5. The molecule has 142 valence electrons. The number of fused-ring (bicyclic) bond motifs is 3. The number of benzene rings is 2. The molecule has 2 unspecified atom stereocenters. The molecule has 27 heavy (non-hydrogen) atoms. The van der Waals surface area contributed by atoms with Gasteiger partial charge in [-0.3, -0.25) is 4.79 Å². The van der Waals surface area contributed by atoms with Crippen molar-refractivity contribution in [2.45, 2.75) is 18.8 Å². The summed E-state index contributed by atoms with van der Waals surface area (Å²) >= 11 is 0. The van der Waals surface area contributed by atoms with E-state index in [4.69, 9.17) is 4.74 Å². The fraction of sp³-hybridized carbons (Fsp3) is 0.409. The van der Waals surface area contributed by atoms with Gasteiger partial charge in [0, 0.05) is 30.8 Å². The van der Waals surface area contributed by atoms with Crippen LogP contribution in [-0.4, -0.2) is 44.1 Å². The van der Waals surface area contributed by atoms with Crippen LogP contribution in [0.3, 0.4) is 0 Å². The van der Waals surface area contributed by atoms with Gasteiger partial charge in [-0.05, 0) is 67.1 Å². The Balaban J connectivity index is 1.30. The van der Waals surface area contributed by atoms with Gasteiger partial charge < -0.3 is 15.0 Å². The summed E-state index contributed by atoms with van der Waals surface area (Å²) < 4.78 is 18.5. The Kier molecular flexibility index (Phi) is 5.12. The normalized spacial score (nSPS) is 21.4. The predicted octanol–water partition coefficient (Wildman–Crippen LogP) is 3.23. The second-order valence-corrected chi connectivity index (χ2v) is 7.46. The van der Waals surface area contributed by atoms with Crippen LogP contribution in [-0.2, 0) is 6.42 Å². The van der Waals surface area contributed by atoms with Crippen LogP contribution in [0.1, 0.15) is 33.8 Å². The molecule has 1 fully saturated rings. The minimum Gasteiger partial charge on any atom is -0.496 e. The molecule has 0 radical (unpaired) electrons. The van der Waals surface area contributed by atoms with E-state index in [1.54, 1.807) is 7.11 Å². The molecule has 0 aromatic heterocycles. The van der Waals surface area contributed by atoms with Crippen molar-refractivity contribution < 1.29 is 13.9 Å². The lowest BCUT2D eigenvalue weighted by atomic mass is 9.85. The van der Waals surface area contributed by atoms with E-state index in [9.17, 15) is 9.18 Å². The first-order valence-corrected chi connectivity index (χ1v) is 9.57. The Morgan fingerprint density at radius 3 is 2.85 bits per heavy atom. The zero-order valence-electron chi connectivity index (χ0n) is 15.6. The van der Waals surface area contributed by atoms with Gasteiger partial charge in [0.25, 0.3) is 5.91 Å². The van der Waals surface area contributed by atoms with Crippen molar-refractivity contribution >= 4 is 5.91 Å². The summed E-state index contributed by atoms with van der Waals surface area (Å²) in [4.78, 5) is 14.6. The van der Waals surface area contributed by atoms with Crippen molar-refractivity contribution in [3.05, 3.63) is 65.0 Å². The molecule has 2 aromatic carbocycles. The van der Waals surface area contributed by atoms with E-state index >= 15 is 0 Å². The zero-order valence-corrected chi connectivity index (χ0v) is 15.6. The summed E-state index contributed by atoms with van der Waals surface area (Å²) in [5, 5.41) is 2.94. The number of halogens is 1. The predicted molar refractivity (Wildman–Crippen MR) is 103 cm³/mol. The summed E-state index contributed by atoms with van der Waals surface area (Å²) in [6.07, 6.45) is 2.24. The number of ether oxygens (including phenoxy) is 1. The lowest BCUT2D eigenvalue weighted by Crippen LogP contribution is -2.42. The summed E-state index contributed by atoms with van der Waals surface area (Å²) in [5.41, 5.74) is 3.33. The van der Waals surface area contributed by atoms with Gasteiger partial charge in [0.05, 0.1) is 7.11 Å². The Labute approximate surface area is 159 Å². The lowest BCUT2D eigenvalue weighted by Gasteiger charge is -2.35. The molecule has 1 heterocycles. The molecule has 1 N–H and O–H groups in total. The molecular weight excluding hydrogens is 343 g/mol. The van der Waals surface area contributed by atoms with Gasteiger partial charge in [0.2, 0.25) is 0 Å². The summed E-state index contributed by atoms with van der Waals surface area (Å²) in [6, 6.07) is 12.0. The number of hydrogen-bond acceptors (Lipinski definition) is 3. The van der Waals surface area contributed by atoms with Crippen LogP contribution < -0.4 is 10.1 Å². The van der Waals surface area contributed by atoms with E-state index in [1.165, 1.54) is 35.4 Å². The zero-order chi connectivity index (χ0) is 18.8. The second kappa shape index (κ2) is 7.69. The van der Waals surface area contributed by atoms with Crippen molar-refractivity contribution in [2.24, 2.45) is 5.92 Å². The number of carbonyl (C=O) groups is 1. The summed E-state index contributed by atoms with van der Waals surface area (Å²) in [7, 11) is 1.75. The molecule has 2 atom stereocenters. The highest BCUT2D eigenvalue weighted by molar-refractivity contribution is 5.94. The average molecular weight is 368 g/mol. The maximum absolute atomic E-state index is 13.0. The van der Waals surface area contributed by atoms with Crippen LogP contribution in [0.15, 0.2) is 42.5 Å². The molecule has 0 saturated carbocycles. The number of nitrogens with one attached hydrogen (secondary N) is 1. The van der Waals surface area contributed by atoms with Crippen LogP contribution in [0.2, 0.25) is 0 Å². The number of methoxy groups -OCH3 is 1. The van der Waals surface area contributed by atoms with Gasteiger partial charge in [-0.15, -0.1) is 0 Å². The van der Waals surface area contributed by atoms with E-state index in [0.29, 0.717) is 23.9 Å². The maximum Gasteiger partial charge on any atom is 0.251 e. The van der Waals surface area contributed by atoms with Crippen molar-refractivity contribution in [3.8, 4) is 5.75 Å². The Bertz CT molecular complexity index is 822. The van der Waals surface area contributed by atoms with Crippen molar-refractivity contribution in [2.75, 3.05) is 33.3 Å². The summed E-state index contributed by atoms with van der Waals surface area (Å²) in [5.74, 6) is 1.76. The number of carbonyl (C=O) groups excluding carboxylic acids is 1. The Morgan fingerprint density at radius 2 is 2.07 bits per heavy atom. The second-order valence-electron chi connectivity index (χ2n) is 7.46. The molecule has 4 nitrogen and oxygen atoms in total. The minimum atomic E-state index is -0.330. The van der Waals surface area contributed by atoms with Crippen LogP contribution in [0, 0.1) is 11.7 Å². The molecule has 5 heteroatoms. The number of hydrogen-bond donors (Lipinski definition) is 1. The average Bonchev–Trinajstić information content (AvgIpc) is 3.06. The standard InChI is InChI=1S/C22H25FN2O2/c1-27-20-4-2-3-16-13-17-14-25(11-9-19(17)21(16)20)12-10-24-22(26)15-5-7-18(23)8-6-15/h2-8,17,19H,9-14H2,1H3,(H,24,26). The molecule has 1 aliphatic carbocycles. The third-order valence-corrected chi connectivity index (χ3v) is 5.87. The van der Waals surface area contributed by atoms with Crippen LogP contribution in [0.5, 0.6) is 5.75 Å². The third kappa shape index (κ3) is 3.69. The van der Waals surface area contributed by atoms with Crippen molar-refractivity contribution in [1.82, 2.24) is 10.2 Å². The SMILES string of the molecule is COc1cccc2c1C1CCN(CCNC(=O)c3ccc(F)cc3)CC1C2. The third-order valence-electron chi connectivity index (χ3n) is 5.87. The molecule has 2 aliphatic rings. The van der Waals surface area contributed by atoms with E-state index in [1.807, 2.05) is 0 Å². The largest absolute Gasteiger partial charge is 0.496 e. The first-order valence-electron chi connectivity index (χ1n) is 9.57. The highest BCUT2D eigenvalue weighted by atomic mass is 19.1. The minimum absolute atomic E-state index is 0.150. The Hall–Kier alpha value is -2.40. The number of likely N-dealkylation sites (tertiary alicyclic amines) is 1. The monoisotopic (exact) mass is 368 g/mol. The summed E-state index contributed by atoms with van der Waals surface area (Å²) in [6.45, 7) is 3.52. The lowest BCUT2D eigenvalue weighted by molar-refractivity contribution is 0.0941.